The minimum atomic E-state index is -0.327. The molecule has 1 amide bonds. The van der Waals surface area contributed by atoms with Gasteiger partial charge in [0.15, 0.2) is 0 Å². The van der Waals surface area contributed by atoms with E-state index in [0.717, 1.165) is 5.56 Å². The number of hydrogen-bond donors (Lipinski definition) is 1. The Morgan fingerprint density at radius 3 is 2.74 bits per heavy atom. The lowest BCUT2D eigenvalue weighted by molar-refractivity contribution is -0.139. The second-order valence-corrected chi connectivity index (χ2v) is 6.07. The molecule has 2 N–H and O–H groups in total. The van der Waals surface area contributed by atoms with Crippen molar-refractivity contribution < 1.29 is 9.18 Å². The molecule has 104 valence electrons. The molecule has 2 rings (SSSR count). The van der Waals surface area contributed by atoms with Crippen molar-refractivity contribution in [3.63, 3.8) is 0 Å². The monoisotopic (exact) mass is 328 g/mol. The van der Waals surface area contributed by atoms with Crippen LogP contribution in [-0.2, 0) is 4.79 Å². The van der Waals surface area contributed by atoms with Gasteiger partial charge in [0.05, 0.1) is 10.5 Å². The van der Waals surface area contributed by atoms with Crippen LogP contribution in [0.5, 0.6) is 0 Å². The van der Waals surface area contributed by atoms with E-state index in [1.54, 1.807) is 11.0 Å². The maximum atomic E-state index is 13.7. The molecule has 1 aromatic carbocycles. The van der Waals surface area contributed by atoms with Crippen LogP contribution in [0, 0.1) is 5.82 Å². The van der Waals surface area contributed by atoms with Gasteiger partial charge in [0.25, 0.3) is 0 Å². The molecule has 19 heavy (non-hydrogen) atoms. The summed E-state index contributed by atoms with van der Waals surface area (Å²) in [6, 6.07) is 4.60. The van der Waals surface area contributed by atoms with Gasteiger partial charge >= 0.3 is 0 Å². The molecule has 0 aliphatic carbocycles. The first-order chi connectivity index (χ1) is 8.91. The standard InChI is InChI=1S/C14H18BrFN2O/c1-8(2)18-13(19)6-5-12(17)14(18)9-3-4-10(15)11(16)7-9/h3-4,7-8,12,14H,5-6,17H2,1-2H3. The van der Waals surface area contributed by atoms with Crippen molar-refractivity contribution in [2.24, 2.45) is 5.73 Å². The maximum Gasteiger partial charge on any atom is 0.223 e. The van der Waals surface area contributed by atoms with Gasteiger partial charge in [-0.2, -0.15) is 0 Å². The number of carbonyl (C=O) groups excluding carboxylic acids is 1. The zero-order valence-corrected chi connectivity index (χ0v) is 12.7. The second kappa shape index (κ2) is 5.59. The minimum Gasteiger partial charge on any atom is -0.332 e. The van der Waals surface area contributed by atoms with Gasteiger partial charge in [0.2, 0.25) is 5.91 Å². The Balaban J connectivity index is 2.42. The van der Waals surface area contributed by atoms with Crippen molar-refractivity contribution in [2.45, 2.75) is 44.8 Å². The summed E-state index contributed by atoms with van der Waals surface area (Å²) in [6.07, 6.45) is 1.11. The van der Waals surface area contributed by atoms with Gasteiger partial charge in [0.1, 0.15) is 5.82 Å². The van der Waals surface area contributed by atoms with E-state index in [9.17, 15) is 9.18 Å². The summed E-state index contributed by atoms with van der Waals surface area (Å²) in [7, 11) is 0. The van der Waals surface area contributed by atoms with Crippen LogP contribution in [0.1, 0.15) is 38.3 Å². The highest BCUT2D eigenvalue weighted by Gasteiger charge is 2.36. The molecular formula is C14H18BrFN2O. The van der Waals surface area contributed by atoms with Crippen LogP contribution < -0.4 is 5.73 Å². The quantitative estimate of drug-likeness (QED) is 0.907. The molecule has 5 heteroatoms. The maximum absolute atomic E-state index is 13.7. The SMILES string of the molecule is CC(C)N1C(=O)CCC(N)C1c1ccc(Br)c(F)c1. The van der Waals surface area contributed by atoms with Gasteiger partial charge in [-0.25, -0.2) is 4.39 Å². The Morgan fingerprint density at radius 2 is 2.16 bits per heavy atom. The number of carbonyl (C=O) groups is 1. The van der Waals surface area contributed by atoms with Gasteiger partial charge in [-0.15, -0.1) is 0 Å². The van der Waals surface area contributed by atoms with Crippen LogP contribution >= 0.6 is 15.9 Å². The number of nitrogens with two attached hydrogens (primary N) is 1. The van der Waals surface area contributed by atoms with Crippen molar-refractivity contribution in [2.75, 3.05) is 0 Å². The lowest BCUT2D eigenvalue weighted by Crippen LogP contribution is -2.51. The summed E-state index contributed by atoms with van der Waals surface area (Å²) < 4.78 is 14.1. The third-order valence-corrected chi connectivity index (χ3v) is 4.17. The molecule has 1 aliphatic rings. The summed E-state index contributed by atoms with van der Waals surface area (Å²) >= 11 is 3.14. The molecular weight excluding hydrogens is 311 g/mol. The Bertz CT molecular complexity index is 492. The van der Waals surface area contributed by atoms with Crippen LogP contribution in [-0.4, -0.2) is 22.9 Å². The minimum absolute atomic E-state index is 0.0514. The molecule has 0 saturated carbocycles. The summed E-state index contributed by atoms with van der Waals surface area (Å²) in [5.41, 5.74) is 6.92. The smallest absolute Gasteiger partial charge is 0.223 e. The van der Waals surface area contributed by atoms with E-state index in [4.69, 9.17) is 5.73 Å². The third kappa shape index (κ3) is 2.82. The first-order valence-corrected chi connectivity index (χ1v) is 7.22. The average Bonchev–Trinajstić information content (AvgIpc) is 2.35. The molecule has 2 unspecified atom stereocenters. The Labute approximate surface area is 121 Å². The molecule has 3 nitrogen and oxygen atoms in total. The summed E-state index contributed by atoms with van der Waals surface area (Å²) in [6.45, 7) is 3.91. The number of benzene rings is 1. The zero-order chi connectivity index (χ0) is 14.2. The molecule has 1 saturated heterocycles. The average molecular weight is 329 g/mol. The lowest BCUT2D eigenvalue weighted by Gasteiger charge is -2.42. The van der Waals surface area contributed by atoms with Crippen LogP contribution in [0.3, 0.4) is 0 Å². The predicted molar refractivity (Wildman–Crippen MR) is 76.0 cm³/mol. The largest absolute Gasteiger partial charge is 0.332 e. The molecule has 1 heterocycles. The molecule has 0 spiro atoms. The molecule has 0 radical (unpaired) electrons. The number of amides is 1. The number of rotatable bonds is 2. The highest BCUT2D eigenvalue weighted by atomic mass is 79.9. The molecule has 2 atom stereocenters. The first kappa shape index (κ1) is 14.5. The fourth-order valence-electron chi connectivity index (χ4n) is 2.65. The lowest BCUT2D eigenvalue weighted by atomic mass is 9.89. The number of likely N-dealkylation sites (tertiary alicyclic amines) is 1. The number of hydrogen-bond acceptors (Lipinski definition) is 2. The van der Waals surface area contributed by atoms with E-state index in [-0.39, 0.29) is 29.8 Å². The van der Waals surface area contributed by atoms with Gasteiger partial charge in [-0.3, -0.25) is 4.79 Å². The van der Waals surface area contributed by atoms with E-state index < -0.39 is 0 Å². The van der Waals surface area contributed by atoms with E-state index in [1.807, 2.05) is 19.9 Å². The van der Waals surface area contributed by atoms with Crippen molar-refractivity contribution in [3.05, 3.63) is 34.1 Å². The second-order valence-electron chi connectivity index (χ2n) is 5.22. The predicted octanol–water partition coefficient (Wildman–Crippen LogP) is 2.99. The van der Waals surface area contributed by atoms with Crippen molar-refractivity contribution in [3.8, 4) is 0 Å². The van der Waals surface area contributed by atoms with Crippen LogP contribution in [0.25, 0.3) is 0 Å². The van der Waals surface area contributed by atoms with Gasteiger partial charge in [-0.05, 0) is 53.9 Å². The molecule has 1 aliphatic heterocycles. The number of nitrogens with zero attached hydrogens (tertiary/aromatic N) is 1. The fourth-order valence-corrected chi connectivity index (χ4v) is 2.90. The van der Waals surface area contributed by atoms with Gasteiger partial charge < -0.3 is 10.6 Å². The topological polar surface area (TPSA) is 46.3 Å². The summed E-state index contributed by atoms with van der Waals surface area (Å²) in [4.78, 5) is 13.9. The Morgan fingerprint density at radius 1 is 1.47 bits per heavy atom. The van der Waals surface area contributed by atoms with Gasteiger partial charge in [-0.1, -0.05) is 6.07 Å². The highest BCUT2D eigenvalue weighted by Crippen LogP contribution is 2.33. The van der Waals surface area contributed by atoms with E-state index in [1.165, 1.54) is 6.07 Å². The Kier molecular flexibility index (Phi) is 4.26. The first-order valence-electron chi connectivity index (χ1n) is 6.43. The highest BCUT2D eigenvalue weighted by molar-refractivity contribution is 9.10. The summed E-state index contributed by atoms with van der Waals surface area (Å²) in [5, 5.41) is 0. The molecule has 1 fully saturated rings. The number of halogens is 2. The van der Waals surface area contributed by atoms with Crippen LogP contribution in [0.15, 0.2) is 22.7 Å². The van der Waals surface area contributed by atoms with Crippen molar-refractivity contribution >= 4 is 21.8 Å². The van der Waals surface area contributed by atoms with Crippen molar-refractivity contribution in [1.29, 1.82) is 0 Å². The van der Waals surface area contributed by atoms with E-state index in [0.29, 0.717) is 17.3 Å². The van der Waals surface area contributed by atoms with Gasteiger partial charge in [0, 0.05) is 18.5 Å². The molecule has 0 bridgehead atoms. The Hall–Kier alpha value is -0.940. The summed E-state index contributed by atoms with van der Waals surface area (Å²) in [5.74, 6) is -0.239. The van der Waals surface area contributed by atoms with E-state index in [2.05, 4.69) is 15.9 Å². The normalized spacial score (nSPS) is 24.1. The molecule has 0 aromatic heterocycles. The van der Waals surface area contributed by atoms with Crippen LogP contribution in [0.4, 0.5) is 4.39 Å². The fraction of sp³-hybridized carbons (Fsp3) is 0.500. The molecule has 1 aromatic rings. The van der Waals surface area contributed by atoms with Crippen LogP contribution in [0.2, 0.25) is 0 Å². The van der Waals surface area contributed by atoms with E-state index >= 15 is 0 Å². The zero-order valence-electron chi connectivity index (χ0n) is 11.1. The number of piperidine rings is 1. The third-order valence-electron chi connectivity index (χ3n) is 3.53. The van der Waals surface area contributed by atoms with Crippen molar-refractivity contribution in [1.82, 2.24) is 4.90 Å².